The van der Waals surface area contributed by atoms with Crippen molar-refractivity contribution >= 4 is 28.3 Å². The molecule has 24 heavy (non-hydrogen) atoms. The maximum Gasteiger partial charge on any atom is 0.163 e. The summed E-state index contributed by atoms with van der Waals surface area (Å²) >= 11 is 6.17. The molecule has 1 aliphatic rings. The van der Waals surface area contributed by atoms with Crippen LogP contribution in [0.1, 0.15) is 54.9 Å². The number of aromatic nitrogens is 1. The van der Waals surface area contributed by atoms with Crippen molar-refractivity contribution in [2.24, 2.45) is 5.92 Å². The Morgan fingerprint density at radius 3 is 2.67 bits per heavy atom. The number of fused-ring (bicyclic) bond motifs is 1. The molecule has 128 valence electrons. The predicted molar refractivity (Wildman–Crippen MR) is 97.8 cm³/mol. The number of ether oxygens (including phenoxy) is 1. The quantitative estimate of drug-likeness (QED) is 0.550. The first-order chi connectivity index (χ1) is 11.6. The van der Waals surface area contributed by atoms with Crippen LogP contribution in [0, 0.1) is 5.92 Å². The molecule has 1 saturated carbocycles. The minimum Gasteiger partial charge on any atom is -0.381 e. The minimum atomic E-state index is 0.228. The SMILES string of the molecule is CCc1cc2cc(C(=O)CC3CCC(OC)CC3)ccc2nc1Cl. The number of carbonyl (C=O) groups excluding carboxylic acids is 1. The Balaban J connectivity index is 1.74. The second-order valence-corrected chi connectivity index (χ2v) is 7.06. The van der Waals surface area contributed by atoms with E-state index in [0.717, 1.165) is 54.1 Å². The van der Waals surface area contributed by atoms with E-state index in [0.29, 0.717) is 23.6 Å². The Bertz CT molecular complexity index is 736. The van der Waals surface area contributed by atoms with Crippen molar-refractivity contribution < 1.29 is 9.53 Å². The highest BCUT2D eigenvalue weighted by atomic mass is 35.5. The molecular formula is C20H24ClNO2. The molecule has 2 aromatic rings. The minimum absolute atomic E-state index is 0.228. The molecule has 0 amide bonds. The monoisotopic (exact) mass is 345 g/mol. The molecule has 1 heterocycles. The molecule has 0 N–H and O–H groups in total. The summed E-state index contributed by atoms with van der Waals surface area (Å²) in [7, 11) is 1.77. The molecule has 0 aliphatic heterocycles. The van der Waals surface area contributed by atoms with E-state index in [1.165, 1.54) is 0 Å². The topological polar surface area (TPSA) is 39.2 Å². The predicted octanol–water partition coefficient (Wildman–Crippen LogP) is 5.23. The molecule has 1 fully saturated rings. The molecule has 1 aliphatic carbocycles. The fourth-order valence-corrected chi connectivity index (χ4v) is 3.85. The van der Waals surface area contributed by atoms with Gasteiger partial charge >= 0.3 is 0 Å². The van der Waals surface area contributed by atoms with Crippen molar-refractivity contribution in [2.75, 3.05) is 7.11 Å². The van der Waals surface area contributed by atoms with E-state index in [2.05, 4.69) is 11.9 Å². The molecule has 1 aromatic heterocycles. The molecule has 0 bridgehead atoms. The van der Waals surface area contributed by atoms with Crippen LogP contribution in [-0.4, -0.2) is 24.0 Å². The number of rotatable bonds is 5. The lowest BCUT2D eigenvalue weighted by molar-refractivity contribution is 0.0539. The Labute approximate surface area is 148 Å². The summed E-state index contributed by atoms with van der Waals surface area (Å²) in [4.78, 5) is 17.1. The first-order valence-corrected chi connectivity index (χ1v) is 9.13. The number of benzene rings is 1. The number of pyridine rings is 1. The van der Waals surface area contributed by atoms with Crippen molar-refractivity contribution in [3.8, 4) is 0 Å². The standard InChI is InChI=1S/C20H24ClNO2/c1-3-14-11-16-12-15(6-9-18(16)22-20(14)21)19(23)10-13-4-7-17(24-2)8-5-13/h6,9,11-13,17H,3-5,7-8,10H2,1-2H3. The van der Waals surface area contributed by atoms with E-state index in [-0.39, 0.29) is 5.78 Å². The Kier molecular flexibility index (Phi) is 5.52. The van der Waals surface area contributed by atoms with Crippen molar-refractivity contribution in [3.05, 3.63) is 40.5 Å². The zero-order valence-corrected chi connectivity index (χ0v) is 15.1. The van der Waals surface area contributed by atoms with Gasteiger partial charge in [-0.25, -0.2) is 4.98 Å². The molecule has 0 spiro atoms. The van der Waals surface area contributed by atoms with Crippen LogP contribution in [0.15, 0.2) is 24.3 Å². The summed E-state index contributed by atoms with van der Waals surface area (Å²) in [5.41, 5.74) is 2.64. The fourth-order valence-electron chi connectivity index (χ4n) is 3.57. The van der Waals surface area contributed by atoms with E-state index in [1.807, 2.05) is 24.3 Å². The molecule has 4 heteroatoms. The summed E-state index contributed by atoms with van der Waals surface area (Å²) < 4.78 is 5.41. The third kappa shape index (κ3) is 3.79. The van der Waals surface area contributed by atoms with Crippen LogP contribution in [0.2, 0.25) is 5.15 Å². The van der Waals surface area contributed by atoms with E-state index >= 15 is 0 Å². The number of ketones is 1. The molecule has 0 unspecified atom stereocenters. The van der Waals surface area contributed by atoms with Gasteiger partial charge in [0.15, 0.2) is 5.78 Å². The summed E-state index contributed by atoms with van der Waals surface area (Å²) in [6.45, 7) is 2.06. The average molecular weight is 346 g/mol. The van der Waals surface area contributed by atoms with Gasteiger partial charge in [-0.1, -0.05) is 18.5 Å². The maximum atomic E-state index is 12.7. The van der Waals surface area contributed by atoms with Crippen molar-refractivity contribution in [1.82, 2.24) is 4.98 Å². The summed E-state index contributed by atoms with van der Waals surface area (Å²) in [6, 6.07) is 7.78. The second-order valence-electron chi connectivity index (χ2n) is 6.71. The van der Waals surface area contributed by atoms with Gasteiger partial charge < -0.3 is 4.74 Å². The lowest BCUT2D eigenvalue weighted by Gasteiger charge is -2.27. The van der Waals surface area contributed by atoms with Gasteiger partial charge in [-0.3, -0.25) is 4.79 Å². The normalized spacial score (nSPS) is 21.1. The molecule has 0 saturated heterocycles. The van der Waals surface area contributed by atoms with E-state index < -0.39 is 0 Å². The lowest BCUT2D eigenvalue weighted by atomic mass is 9.83. The number of nitrogens with zero attached hydrogens (tertiary/aromatic N) is 1. The van der Waals surface area contributed by atoms with Crippen LogP contribution in [-0.2, 0) is 11.2 Å². The number of aryl methyl sites for hydroxylation is 1. The molecule has 3 rings (SSSR count). The number of halogens is 1. The Morgan fingerprint density at radius 1 is 1.25 bits per heavy atom. The van der Waals surface area contributed by atoms with Crippen LogP contribution in [0.5, 0.6) is 0 Å². The lowest BCUT2D eigenvalue weighted by Crippen LogP contribution is -2.22. The van der Waals surface area contributed by atoms with E-state index in [9.17, 15) is 4.79 Å². The molecule has 0 radical (unpaired) electrons. The van der Waals surface area contributed by atoms with Gasteiger partial charge in [-0.05, 0) is 67.9 Å². The third-order valence-corrected chi connectivity index (χ3v) is 5.47. The Morgan fingerprint density at radius 2 is 2.00 bits per heavy atom. The van der Waals surface area contributed by atoms with Crippen molar-refractivity contribution in [1.29, 1.82) is 0 Å². The molecular weight excluding hydrogens is 322 g/mol. The first kappa shape index (κ1) is 17.4. The zero-order chi connectivity index (χ0) is 17.1. The summed E-state index contributed by atoms with van der Waals surface area (Å²) in [6.07, 6.45) is 6.12. The number of methoxy groups -OCH3 is 1. The van der Waals surface area contributed by atoms with Crippen LogP contribution in [0.3, 0.4) is 0 Å². The number of hydrogen-bond donors (Lipinski definition) is 0. The van der Waals surface area contributed by atoms with Gasteiger partial charge in [0.2, 0.25) is 0 Å². The van der Waals surface area contributed by atoms with Crippen LogP contribution < -0.4 is 0 Å². The Hall–Kier alpha value is -1.45. The largest absolute Gasteiger partial charge is 0.381 e. The second kappa shape index (κ2) is 7.62. The van der Waals surface area contributed by atoms with E-state index in [1.54, 1.807) is 7.11 Å². The zero-order valence-electron chi connectivity index (χ0n) is 14.3. The maximum absolute atomic E-state index is 12.7. The number of carbonyl (C=O) groups is 1. The summed E-state index contributed by atoms with van der Waals surface area (Å²) in [5.74, 6) is 0.708. The first-order valence-electron chi connectivity index (χ1n) is 8.76. The van der Waals surface area contributed by atoms with Gasteiger partial charge in [-0.15, -0.1) is 0 Å². The van der Waals surface area contributed by atoms with Crippen LogP contribution in [0.4, 0.5) is 0 Å². The van der Waals surface area contributed by atoms with E-state index in [4.69, 9.17) is 16.3 Å². The molecule has 3 nitrogen and oxygen atoms in total. The molecule has 0 atom stereocenters. The summed E-state index contributed by atoms with van der Waals surface area (Å²) in [5, 5.41) is 1.55. The van der Waals surface area contributed by atoms with Crippen molar-refractivity contribution in [2.45, 2.75) is 51.6 Å². The average Bonchev–Trinajstić information content (AvgIpc) is 2.61. The van der Waals surface area contributed by atoms with Crippen LogP contribution >= 0.6 is 11.6 Å². The number of hydrogen-bond acceptors (Lipinski definition) is 3. The third-order valence-electron chi connectivity index (χ3n) is 5.14. The van der Waals surface area contributed by atoms with Crippen molar-refractivity contribution in [3.63, 3.8) is 0 Å². The molecule has 1 aromatic carbocycles. The highest BCUT2D eigenvalue weighted by molar-refractivity contribution is 6.30. The highest BCUT2D eigenvalue weighted by Gasteiger charge is 2.23. The smallest absolute Gasteiger partial charge is 0.163 e. The number of Topliss-reactive ketones (excluding diaryl/α,β-unsaturated/α-hetero) is 1. The van der Waals surface area contributed by atoms with Gasteiger partial charge in [0.05, 0.1) is 11.6 Å². The van der Waals surface area contributed by atoms with Gasteiger partial charge in [-0.2, -0.15) is 0 Å². The van der Waals surface area contributed by atoms with Gasteiger partial charge in [0.1, 0.15) is 5.15 Å². The van der Waals surface area contributed by atoms with Gasteiger partial charge in [0, 0.05) is 24.5 Å². The fraction of sp³-hybridized carbons (Fsp3) is 0.500. The highest BCUT2D eigenvalue weighted by Crippen LogP contribution is 2.30. The van der Waals surface area contributed by atoms with Gasteiger partial charge in [0.25, 0.3) is 0 Å². The van der Waals surface area contributed by atoms with Crippen LogP contribution in [0.25, 0.3) is 10.9 Å².